The van der Waals surface area contributed by atoms with Crippen molar-refractivity contribution in [3.8, 4) is 6.07 Å². The summed E-state index contributed by atoms with van der Waals surface area (Å²) in [5, 5.41) is 12.8. The van der Waals surface area contributed by atoms with E-state index >= 15 is 0 Å². The number of hydrogen-bond donors (Lipinski definition) is 1. The highest BCUT2D eigenvalue weighted by atomic mass is 35.5. The molecule has 0 bridgehead atoms. The lowest BCUT2D eigenvalue weighted by Gasteiger charge is -2.38. The molecule has 7 heteroatoms. The molecule has 1 saturated heterocycles. The standard InChI is InChI=1S/C20H27ClN4O2/c1-14(2)20(4,13-22)23-18(26)15(3)24-8-10-25(11-9-24)19(27)16-6-5-7-17(21)12-16/h5-7,12,14-15H,8-11H2,1-4H3,(H,23,26)/t15-,20-/m1/s1. The molecule has 0 aromatic heterocycles. The number of nitrogens with one attached hydrogen (secondary N) is 1. The number of nitrogens with zero attached hydrogens (tertiary/aromatic N) is 3. The van der Waals surface area contributed by atoms with Gasteiger partial charge in [0.05, 0.1) is 12.1 Å². The largest absolute Gasteiger partial charge is 0.336 e. The van der Waals surface area contributed by atoms with E-state index in [2.05, 4.69) is 11.4 Å². The van der Waals surface area contributed by atoms with E-state index in [1.54, 1.807) is 36.1 Å². The maximum Gasteiger partial charge on any atom is 0.253 e. The average Bonchev–Trinajstić information content (AvgIpc) is 2.66. The van der Waals surface area contributed by atoms with Gasteiger partial charge in [-0.05, 0) is 38.0 Å². The summed E-state index contributed by atoms with van der Waals surface area (Å²) in [6.45, 7) is 9.69. The van der Waals surface area contributed by atoms with Crippen LogP contribution >= 0.6 is 11.6 Å². The van der Waals surface area contributed by atoms with Crippen molar-refractivity contribution in [3.05, 3.63) is 34.9 Å². The summed E-state index contributed by atoms with van der Waals surface area (Å²) in [7, 11) is 0. The van der Waals surface area contributed by atoms with Gasteiger partial charge in [-0.25, -0.2) is 0 Å². The Morgan fingerprint density at radius 1 is 1.22 bits per heavy atom. The Hall–Kier alpha value is -2.10. The number of piperazine rings is 1. The quantitative estimate of drug-likeness (QED) is 0.838. The minimum Gasteiger partial charge on any atom is -0.336 e. The van der Waals surface area contributed by atoms with Crippen LogP contribution in [0.15, 0.2) is 24.3 Å². The van der Waals surface area contributed by atoms with Gasteiger partial charge in [0.2, 0.25) is 5.91 Å². The van der Waals surface area contributed by atoms with Crippen LogP contribution in [0.5, 0.6) is 0 Å². The van der Waals surface area contributed by atoms with Crippen molar-refractivity contribution >= 4 is 23.4 Å². The lowest BCUT2D eigenvalue weighted by atomic mass is 9.89. The number of halogens is 1. The third-order valence-electron chi connectivity index (χ3n) is 5.37. The number of carbonyl (C=O) groups is 2. The van der Waals surface area contributed by atoms with E-state index in [-0.39, 0.29) is 23.8 Å². The van der Waals surface area contributed by atoms with Crippen LogP contribution in [0.3, 0.4) is 0 Å². The molecular formula is C20H27ClN4O2. The molecule has 1 aliphatic heterocycles. The van der Waals surface area contributed by atoms with Crippen LogP contribution in [0.2, 0.25) is 5.02 Å². The summed E-state index contributed by atoms with van der Waals surface area (Å²) in [6.07, 6.45) is 0. The van der Waals surface area contributed by atoms with Crippen molar-refractivity contribution in [1.29, 1.82) is 5.26 Å². The normalized spacial score (nSPS) is 18.5. The molecule has 1 aromatic carbocycles. The Bertz CT molecular complexity index is 738. The molecule has 1 aromatic rings. The summed E-state index contributed by atoms with van der Waals surface area (Å²) < 4.78 is 0. The molecule has 2 rings (SSSR count). The van der Waals surface area contributed by atoms with Crippen molar-refractivity contribution < 1.29 is 9.59 Å². The first-order chi connectivity index (χ1) is 12.7. The minimum atomic E-state index is -0.893. The molecule has 2 atom stereocenters. The molecule has 1 heterocycles. The van der Waals surface area contributed by atoms with Gasteiger partial charge in [-0.3, -0.25) is 14.5 Å². The number of benzene rings is 1. The van der Waals surface area contributed by atoms with Crippen molar-refractivity contribution in [2.75, 3.05) is 26.2 Å². The van der Waals surface area contributed by atoms with Gasteiger partial charge in [0, 0.05) is 36.8 Å². The molecule has 0 spiro atoms. The Morgan fingerprint density at radius 3 is 2.37 bits per heavy atom. The lowest BCUT2D eigenvalue weighted by Crippen LogP contribution is -2.58. The monoisotopic (exact) mass is 390 g/mol. The fourth-order valence-electron chi connectivity index (χ4n) is 2.94. The van der Waals surface area contributed by atoms with Crippen molar-refractivity contribution in [3.63, 3.8) is 0 Å². The van der Waals surface area contributed by atoms with E-state index in [4.69, 9.17) is 11.6 Å². The average molecular weight is 391 g/mol. The molecule has 27 heavy (non-hydrogen) atoms. The van der Waals surface area contributed by atoms with Crippen LogP contribution in [0.25, 0.3) is 0 Å². The number of rotatable bonds is 5. The van der Waals surface area contributed by atoms with E-state index in [0.29, 0.717) is 36.8 Å². The van der Waals surface area contributed by atoms with Crippen LogP contribution in [-0.4, -0.2) is 59.4 Å². The van der Waals surface area contributed by atoms with Crippen molar-refractivity contribution in [1.82, 2.24) is 15.1 Å². The number of nitriles is 1. The second kappa shape index (κ2) is 8.73. The number of carbonyl (C=O) groups excluding carboxylic acids is 2. The van der Waals surface area contributed by atoms with E-state index in [0.717, 1.165) is 0 Å². The van der Waals surface area contributed by atoms with E-state index < -0.39 is 5.54 Å². The van der Waals surface area contributed by atoms with Crippen molar-refractivity contribution in [2.45, 2.75) is 39.3 Å². The van der Waals surface area contributed by atoms with E-state index in [9.17, 15) is 14.9 Å². The van der Waals surface area contributed by atoms with E-state index in [1.807, 2.05) is 25.7 Å². The van der Waals surface area contributed by atoms with Crippen molar-refractivity contribution in [2.24, 2.45) is 5.92 Å². The van der Waals surface area contributed by atoms with E-state index in [1.165, 1.54) is 0 Å². The smallest absolute Gasteiger partial charge is 0.253 e. The molecular weight excluding hydrogens is 364 g/mol. The van der Waals surface area contributed by atoms with Gasteiger partial charge in [0.15, 0.2) is 0 Å². The molecule has 6 nitrogen and oxygen atoms in total. The zero-order chi connectivity index (χ0) is 20.2. The topological polar surface area (TPSA) is 76.4 Å². The second-order valence-corrected chi connectivity index (χ2v) is 7.91. The molecule has 2 amide bonds. The lowest BCUT2D eigenvalue weighted by molar-refractivity contribution is -0.128. The minimum absolute atomic E-state index is 0.00538. The van der Waals surface area contributed by atoms with Gasteiger partial charge in [-0.15, -0.1) is 0 Å². The summed E-state index contributed by atoms with van der Waals surface area (Å²) in [5.41, 5.74) is -0.320. The fourth-order valence-corrected chi connectivity index (χ4v) is 3.13. The SMILES string of the molecule is CC(C)[C@@](C)(C#N)NC(=O)[C@@H](C)N1CCN(C(=O)c2cccc(Cl)c2)CC1. The maximum atomic E-state index is 12.6. The maximum absolute atomic E-state index is 12.6. The fraction of sp³-hybridized carbons (Fsp3) is 0.550. The van der Waals surface area contributed by atoms with Gasteiger partial charge in [0.1, 0.15) is 5.54 Å². The molecule has 0 radical (unpaired) electrons. The van der Waals surface area contributed by atoms with Crippen LogP contribution in [0.4, 0.5) is 0 Å². The van der Waals surface area contributed by atoms with Gasteiger partial charge in [-0.1, -0.05) is 31.5 Å². The first-order valence-electron chi connectivity index (χ1n) is 9.20. The van der Waals surface area contributed by atoms with Crippen LogP contribution < -0.4 is 5.32 Å². The van der Waals surface area contributed by atoms with Gasteiger partial charge < -0.3 is 10.2 Å². The molecule has 146 valence electrons. The molecule has 0 unspecified atom stereocenters. The second-order valence-electron chi connectivity index (χ2n) is 7.47. The first-order valence-corrected chi connectivity index (χ1v) is 9.58. The Balaban J connectivity index is 1.94. The van der Waals surface area contributed by atoms with Crippen LogP contribution in [0.1, 0.15) is 38.1 Å². The number of hydrogen-bond acceptors (Lipinski definition) is 4. The van der Waals surface area contributed by atoms with Crippen LogP contribution in [-0.2, 0) is 4.79 Å². The summed E-state index contributed by atoms with van der Waals surface area (Å²) in [4.78, 5) is 29.0. The summed E-state index contributed by atoms with van der Waals surface area (Å²) in [5.74, 6) is -0.209. The summed E-state index contributed by atoms with van der Waals surface area (Å²) in [6, 6.07) is 8.76. The van der Waals surface area contributed by atoms with Gasteiger partial charge >= 0.3 is 0 Å². The van der Waals surface area contributed by atoms with Crippen LogP contribution in [0, 0.1) is 17.2 Å². The van der Waals surface area contributed by atoms with Gasteiger partial charge in [-0.2, -0.15) is 5.26 Å². The Labute approximate surface area is 166 Å². The molecule has 1 N–H and O–H groups in total. The Morgan fingerprint density at radius 2 is 1.85 bits per heavy atom. The number of amides is 2. The predicted octanol–water partition coefficient (Wildman–Crippen LogP) is 2.54. The highest BCUT2D eigenvalue weighted by Crippen LogP contribution is 2.17. The molecule has 1 aliphatic rings. The zero-order valence-electron chi connectivity index (χ0n) is 16.3. The highest BCUT2D eigenvalue weighted by molar-refractivity contribution is 6.30. The zero-order valence-corrected chi connectivity index (χ0v) is 17.1. The van der Waals surface area contributed by atoms with Gasteiger partial charge in [0.25, 0.3) is 5.91 Å². The third kappa shape index (κ3) is 5.00. The summed E-state index contributed by atoms with van der Waals surface area (Å²) >= 11 is 5.97. The Kier molecular flexibility index (Phi) is 6.85. The predicted molar refractivity (Wildman–Crippen MR) is 105 cm³/mol. The molecule has 0 aliphatic carbocycles. The molecule has 0 saturated carbocycles. The third-order valence-corrected chi connectivity index (χ3v) is 5.61. The molecule has 1 fully saturated rings. The highest BCUT2D eigenvalue weighted by Gasteiger charge is 2.34. The first kappa shape index (κ1) is 21.2.